The Balaban J connectivity index is 2.20. The van der Waals surface area contributed by atoms with Crippen molar-refractivity contribution in [2.24, 2.45) is 0 Å². The Hall–Kier alpha value is -2.96. The highest BCUT2D eigenvalue weighted by Crippen LogP contribution is 2.12. The van der Waals surface area contributed by atoms with Crippen molar-refractivity contribution >= 4 is 23.5 Å². The van der Waals surface area contributed by atoms with Crippen LogP contribution >= 0.6 is 0 Å². The van der Waals surface area contributed by atoms with Crippen LogP contribution in [0, 0.1) is 0 Å². The summed E-state index contributed by atoms with van der Waals surface area (Å²) >= 11 is 0. The number of carboxylic acids is 1. The van der Waals surface area contributed by atoms with Crippen molar-refractivity contribution in [2.75, 3.05) is 24.3 Å². The van der Waals surface area contributed by atoms with Crippen molar-refractivity contribution in [3.05, 3.63) is 47.8 Å². The average Bonchev–Trinajstić information content (AvgIpc) is 2.47. The zero-order valence-corrected chi connectivity index (χ0v) is 11.6. The van der Waals surface area contributed by atoms with Gasteiger partial charge in [-0.05, 0) is 24.3 Å². The molecule has 0 fully saturated rings. The number of carbonyl (C=O) groups is 2. The van der Waals surface area contributed by atoms with Crippen molar-refractivity contribution in [3.8, 4) is 0 Å². The first-order valence-corrected chi connectivity index (χ1v) is 6.11. The summed E-state index contributed by atoms with van der Waals surface area (Å²) in [6.45, 7) is 0. The lowest BCUT2D eigenvalue weighted by atomic mass is 10.2. The van der Waals surface area contributed by atoms with E-state index in [0.29, 0.717) is 11.4 Å². The van der Waals surface area contributed by atoms with Crippen molar-refractivity contribution < 1.29 is 14.7 Å². The predicted molar refractivity (Wildman–Crippen MR) is 77.7 cm³/mol. The van der Waals surface area contributed by atoms with Gasteiger partial charge in [0.25, 0.3) is 5.91 Å². The van der Waals surface area contributed by atoms with Crippen molar-refractivity contribution in [1.82, 2.24) is 9.97 Å². The monoisotopic (exact) mass is 286 g/mol. The van der Waals surface area contributed by atoms with Crippen molar-refractivity contribution in [1.29, 1.82) is 0 Å². The average molecular weight is 286 g/mol. The SMILES string of the molecule is CN(C)c1cc(C(=O)Nc2cc(C(=O)O)ccn2)ccn1. The molecular formula is C14H14N4O3. The van der Waals surface area contributed by atoms with Gasteiger partial charge in [-0.2, -0.15) is 0 Å². The van der Waals surface area contributed by atoms with E-state index in [1.54, 1.807) is 17.0 Å². The van der Waals surface area contributed by atoms with Gasteiger partial charge in [-0.15, -0.1) is 0 Å². The van der Waals surface area contributed by atoms with Gasteiger partial charge in [0.2, 0.25) is 0 Å². The van der Waals surface area contributed by atoms with Crippen LogP contribution in [0.1, 0.15) is 20.7 Å². The predicted octanol–water partition coefficient (Wildman–Crippen LogP) is 1.49. The van der Waals surface area contributed by atoms with Crippen LogP contribution in [-0.2, 0) is 0 Å². The van der Waals surface area contributed by atoms with Gasteiger partial charge < -0.3 is 15.3 Å². The van der Waals surface area contributed by atoms with Crippen LogP contribution in [0.15, 0.2) is 36.7 Å². The minimum atomic E-state index is -1.08. The number of amides is 1. The molecule has 0 aromatic carbocycles. The Labute approximate surface area is 121 Å². The first kappa shape index (κ1) is 14.4. The van der Waals surface area contributed by atoms with E-state index in [1.807, 2.05) is 14.1 Å². The first-order valence-electron chi connectivity index (χ1n) is 6.11. The fourth-order valence-electron chi connectivity index (χ4n) is 1.62. The standard InChI is InChI=1S/C14H14N4O3/c1-18(2)12-8-9(3-6-16-12)13(19)17-11-7-10(14(20)21)4-5-15-11/h3-8H,1-2H3,(H,20,21)(H,15,17,19). The molecule has 2 heterocycles. The van der Waals surface area contributed by atoms with Crippen LogP contribution in [0.5, 0.6) is 0 Å². The number of aromatic carboxylic acids is 1. The Kier molecular flexibility index (Phi) is 4.13. The topological polar surface area (TPSA) is 95.4 Å². The molecular weight excluding hydrogens is 272 g/mol. The molecule has 0 aliphatic rings. The molecule has 2 rings (SSSR count). The molecule has 0 saturated carbocycles. The third-order valence-corrected chi connectivity index (χ3v) is 2.71. The molecule has 2 aromatic rings. The number of aromatic nitrogens is 2. The summed E-state index contributed by atoms with van der Waals surface area (Å²) < 4.78 is 0. The molecule has 2 aromatic heterocycles. The summed E-state index contributed by atoms with van der Waals surface area (Å²) in [7, 11) is 3.64. The smallest absolute Gasteiger partial charge is 0.335 e. The summed E-state index contributed by atoms with van der Waals surface area (Å²) in [5.74, 6) is -0.625. The summed E-state index contributed by atoms with van der Waals surface area (Å²) in [6, 6.07) is 5.86. The molecule has 21 heavy (non-hydrogen) atoms. The highest BCUT2D eigenvalue weighted by Gasteiger charge is 2.10. The molecule has 0 saturated heterocycles. The minimum absolute atomic E-state index is 0.0593. The Bertz CT molecular complexity index is 685. The molecule has 0 aliphatic heterocycles. The molecule has 7 heteroatoms. The molecule has 0 spiro atoms. The summed E-state index contributed by atoms with van der Waals surface area (Å²) in [4.78, 5) is 32.8. The summed E-state index contributed by atoms with van der Waals surface area (Å²) in [5.41, 5.74) is 0.472. The highest BCUT2D eigenvalue weighted by molar-refractivity contribution is 6.04. The van der Waals surface area contributed by atoms with Gasteiger partial charge in [0.15, 0.2) is 0 Å². The molecule has 7 nitrogen and oxygen atoms in total. The number of hydrogen-bond acceptors (Lipinski definition) is 5. The summed E-state index contributed by atoms with van der Waals surface area (Å²) in [5, 5.41) is 11.5. The number of carbonyl (C=O) groups excluding carboxylic acids is 1. The molecule has 0 radical (unpaired) electrons. The second-order valence-corrected chi connectivity index (χ2v) is 4.49. The van der Waals surface area contributed by atoms with E-state index in [4.69, 9.17) is 5.11 Å². The largest absolute Gasteiger partial charge is 0.478 e. The maximum absolute atomic E-state index is 12.1. The van der Waals surface area contributed by atoms with Crippen molar-refractivity contribution in [2.45, 2.75) is 0 Å². The van der Waals surface area contributed by atoms with Crippen LogP contribution < -0.4 is 10.2 Å². The van der Waals surface area contributed by atoms with Gasteiger partial charge in [-0.25, -0.2) is 14.8 Å². The lowest BCUT2D eigenvalue weighted by molar-refractivity contribution is 0.0696. The maximum Gasteiger partial charge on any atom is 0.335 e. The fourth-order valence-corrected chi connectivity index (χ4v) is 1.62. The Morgan fingerprint density at radius 1 is 1.10 bits per heavy atom. The zero-order chi connectivity index (χ0) is 15.4. The third-order valence-electron chi connectivity index (χ3n) is 2.71. The van der Waals surface area contributed by atoms with Gasteiger partial charge in [0.1, 0.15) is 11.6 Å². The summed E-state index contributed by atoms with van der Waals surface area (Å²) in [6.07, 6.45) is 2.86. The zero-order valence-electron chi connectivity index (χ0n) is 11.6. The van der Waals surface area contributed by atoms with Crippen molar-refractivity contribution in [3.63, 3.8) is 0 Å². The number of hydrogen-bond donors (Lipinski definition) is 2. The second kappa shape index (κ2) is 6.00. The second-order valence-electron chi connectivity index (χ2n) is 4.49. The van der Waals surface area contributed by atoms with Crippen LogP contribution in [0.4, 0.5) is 11.6 Å². The number of pyridine rings is 2. The van der Waals surface area contributed by atoms with Crippen LogP contribution in [-0.4, -0.2) is 41.0 Å². The number of nitrogens with zero attached hydrogens (tertiary/aromatic N) is 3. The van der Waals surface area contributed by atoms with E-state index < -0.39 is 5.97 Å². The number of rotatable bonds is 4. The van der Waals surface area contributed by atoms with Gasteiger partial charge in [0.05, 0.1) is 5.56 Å². The Morgan fingerprint density at radius 2 is 1.76 bits per heavy atom. The first-order chi connectivity index (χ1) is 9.97. The number of anilines is 2. The van der Waals surface area contributed by atoms with Gasteiger partial charge in [-0.1, -0.05) is 0 Å². The van der Waals surface area contributed by atoms with Crippen LogP contribution in [0.25, 0.3) is 0 Å². The quantitative estimate of drug-likeness (QED) is 0.884. The van der Waals surface area contributed by atoms with E-state index in [1.165, 1.54) is 24.5 Å². The van der Waals surface area contributed by atoms with Crippen LogP contribution in [0.2, 0.25) is 0 Å². The number of carboxylic acid groups (broad SMARTS) is 1. The lowest BCUT2D eigenvalue weighted by Crippen LogP contribution is -2.16. The van der Waals surface area contributed by atoms with Crippen LogP contribution in [0.3, 0.4) is 0 Å². The normalized spacial score (nSPS) is 10.0. The minimum Gasteiger partial charge on any atom is -0.478 e. The van der Waals surface area contributed by atoms with E-state index in [-0.39, 0.29) is 17.3 Å². The van der Waals surface area contributed by atoms with E-state index in [0.717, 1.165) is 0 Å². The lowest BCUT2D eigenvalue weighted by Gasteiger charge is -2.12. The molecule has 0 atom stereocenters. The molecule has 1 amide bonds. The molecule has 0 aliphatic carbocycles. The van der Waals surface area contributed by atoms with E-state index in [9.17, 15) is 9.59 Å². The molecule has 2 N–H and O–H groups in total. The highest BCUT2D eigenvalue weighted by atomic mass is 16.4. The fraction of sp³-hybridized carbons (Fsp3) is 0.143. The van der Waals surface area contributed by atoms with Gasteiger partial charge >= 0.3 is 5.97 Å². The van der Waals surface area contributed by atoms with E-state index in [2.05, 4.69) is 15.3 Å². The van der Waals surface area contributed by atoms with Gasteiger partial charge in [0, 0.05) is 32.1 Å². The van der Waals surface area contributed by atoms with E-state index >= 15 is 0 Å². The Morgan fingerprint density at radius 3 is 2.43 bits per heavy atom. The third kappa shape index (κ3) is 3.53. The molecule has 0 bridgehead atoms. The van der Waals surface area contributed by atoms with Gasteiger partial charge in [-0.3, -0.25) is 4.79 Å². The molecule has 0 unspecified atom stereocenters. The number of nitrogens with one attached hydrogen (secondary N) is 1. The molecule has 108 valence electrons. The maximum atomic E-state index is 12.1.